The minimum Gasteiger partial charge on any atom is -0.366 e. The van der Waals surface area contributed by atoms with E-state index >= 15 is 0 Å². The second-order valence-corrected chi connectivity index (χ2v) is 6.90. The number of ether oxygens (including phenoxy) is 1. The number of alkyl halides is 3. The first-order chi connectivity index (χ1) is 13.9. The van der Waals surface area contributed by atoms with E-state index in [0.29, 0.717) is 22.8 Å². The molecule has 7 nitrogen and oxygen atoms in total. The van der Waals surface area contributed by atoms with Crippen molar-refractivity contribution in [1.29, 1.82) is 0 Å². The topological polar surface area (TPSA) is 93.2 Å². The number of nitrogens with zero attached hydrogens (tertiary/aromatic N) is 2. The van der Waals surface area contributed by atoms with Gasteiger partial charge in [0.25, 0.3) is 5.91 Å². The van der Waals surface area contributed by atoms with Crippen LogP contribution in [0.3, 0.4) is 0 Å². The van der Waals surface area contributed by atoms with E-state index in [1.54, 1.807) is 39.0 Å². The van der Waals surface area contributed by atoms with Gasteiger partial charge < -0.3 is 15.4 Å². The molecule has 1 unspecified atom stereocenters. The van der Waals surface area contributed by atoms with Crippen molar-refractivity contribution >= 4 is 17.6 Å². The third kappa shape index (κ3) is 7.11. The summed E-state index contributed by atoms with van der Waals surface area (Å²) in [5, 5.41) is 5.44. The summed E-state index contributed by atoms with van der Waals surface area (Å²) in [4.78, 5) is 32.1. The molecule has 0 aromatic carbocycles. The van der Waals surface area contributed by atoms with Crippen LogP contribution >= 0.6 is 0 Å². The number of rotatable bonds is 7. The van der Waals surface area contributed by atoms with E-state index in [0.717, 1.165) is 5.56 Å². The van der Waals surface area contributed by atoms with Gasteiger partial charge in [0, 0.05) is 18.8 Å². The van der Waals surface area contributed by atoms with Gasteiger partial charge in [-0.1, -0.05) is 0 Å². The Hall–Kier alpha value is -3.01. The molecule has 0 fully saturated rings. The van der Waals surface area contributed by atoms with Crippen LogP contribution in [0.4, 0.5) is 19.0 Å². The predicted molar refractivity (Wildman–Crippen MR) is 104 cm³/mol. The molecule has 162 valence electrons. The van der Waals surface area contributed by atoms with Gasteiger partial charge in [-0.05, 0) is 50.1 Å². The zero-order valence-electron chi connectivity index (χ0n) is 17.1. The van der Waals surface area contributed by atoms with Crippen LogP contribution < -0.4 is 10.6 Å². The summed E-state index contributed by atoms with van der Waals surface area (Å²) in [7, 11) is 0. The summed E-state index contributed by atoms with van der Waals surface area (Å²) in [6, 6.07) is 4.62. The van der Waals surface area contributed by atoms with Crippen LogP contribution in [-0.2, 0) is 16.1 Å². The van der Waals surface area contributed by atoms with Gasteiger partial charge >= 0.3 is 6.18 Å². The number of halogens is 3. The van der Waals surface area contributed by atoms with Crippen LogP contribution in [0.5, 0.6) is 0 Å². The second kappa shape index (κ2) is 9.66. The number of carbonyl (C=O) groups excluding carboxylic acids is 2. The Morgan fingerprint density at radius 3 is 2.50 bits per heavy atom. The van der Waals surface area contributed by atoms with E-state index in [9.17, 15) is 22.8 Å². The molecule has 2 amide bonds. The van der Waals surface area contributed by atoms with Gasteiger partial charge in [0.15, 0.2) is 0 Å². The molecule has 2 rings (SSSR count). The summed E-state index contributed by atoms with van der Waals surface area (Å²) >= 11 is 0. The van der Waals surface area contributed by atoms with Gasteiger partial charge in [0.1, 0.15) is 12.4 Å². The lowest BCUT2D eigenvalue weighted by molar-refractivity contribution is -0.176. The fourth-order valence-corrected chi connectivity index (χ4v) is 2.69. The van der Waals surface area contributed by atoms with Gasteiger partial charge in [0.2, 0.25) is 5.91 Å². The van der Waals surface area contributed by atoms with E-state index in [1.807, 2.05) is 0 Å². The summed E-state index contributed by atoms with van der Waals surface area (Å²) in [6.45, 7) is 4.92. The Bertz CT molecular complexity index is 932. The van der Waals surface area contributed by atoms with Crippen LogP contribution in [0.15, 0.2) is 24.4 Å². The minimum absolute atomic E-state index is 0.253. The molecule has 0 radical (unpaired) electrons. The van der Waals surface area contributed by atoms with Crippen LogP contribution in [0.2, 0.25) is 0 Å². The first-order valence-electron chi connectivity index (χ1n) is 9.11. The molecule has 0 saturated carbocycles. The van der Waals surface area contributed by atoms with Gasteiger partial charge in [0.05, 0.1) is 23.9 Å². The number of hydrogen-bond acceptors (Lipinski definition) is 5. The van der Waals surface area contributed by atoms with Gasteiger partial charge in [-0.3, -0.25) is 14.6 Å². The maximum atomic E-state index is 12.6. The molecular weight excluding hydrogens is 401 g/mol. The number of carbonyl (C=O) groups is 2. The van der Waals surface area contributed by atoms with Crippen molar-refractivity contribution in [1.82, 2.24) is 15.3 Å². The number of anilines is 1. The van der Waals surface area contributed by atoms with Crippen LogP contribution in [0.1, 0.15) is 52.8 Å². The zero-order chi connectivity index (χ0) is 22.5. The second-order valence-electron chi connectivity index (χ2n) is 6.90. The van der Waals surface area contributed by atoms with E-state index < -0.39 is 18.7 Å². The highest BCUT2D eigenvalue weighted by molar-refractivity contribution is 5.94. The maximum Gasteiger partial charge on any atom is 0.411 e. The summed E-state index contributed by atoms with van der Waals surface area (Å²) < 4.78 is 41.2. The standard InChI is InChI=1S/C20H23F3N4O3/c1-11-5-16(8-24-17(11)9-30-10-20(21,22)23)19(29)26-13(3)15-6-12(2)25-18(7-15)27-14(4)28/h5-8,13H,9-10H2,1-4H3,(H,26,29)(H,25,27,28). The van der Waals surface area contributed by atoms with Crippen molar-refractivity contribution in [3.8, 4) is 0 Å². The Morgan fingerprint density at radius 2 is 1.90 bits per heavy atom. The number of pyridine rings is 2. The van der Waals surface area contributed by atoms with Crippen molar-refractivity contribution in [3.05, 3.63) is 52.5 Å². The average Bonchev–Trinajstić information content (AvgIpc) is 2.60. The van der Waals surface area contributed by atoms with Crippen molar-refractivity contribution < 1.29 is 27.5 Å². The SMILES string of the molecule is CC(=O)Nc1cc(C(C)NC(=O)c2cnc(COCC(F)(F)F)c(C)c2)cc(C)n1. The molecule has 0 saturated heterocycles. The third-order valence-electron chi connectivity index (χ3n) is 4.08. The summed E-state index contributed by atoms with van der Waals surface area (Å²) in [5.41, 5.74) is 2.57. The van der Waals surface area contributed by atoms with E-state index in [4.69, 9.17) is 0 Å². The monoisotopic (exact) mass is 424 g/mol. The molecule has 0 spiro atoms. The molecule has 0 aliphatic carbocycles. The fourth-order valence-electron chi connectivity index (χ4n) is 2.69. The molecule has 2 heterocycles. The minimum atomic E-state index is -4.41. The Morgan fingerprint density at radius 1 is 1.20 bits per heavy atom. The molecule has 0 aliphatic heterocycles. The lowest BCUT2D eigenvalue weighted by Gasteiger charge is -2.16. The number of aromatic nitrogens is 2. The number of amides is 2. The summed E-state index contributed by atoms with van der Waals surface area (Å²) in [6.07, 6.45) is -3.11. The van der Waals surface area contributed by atoms with Crippen molar-refractivity contribution in [2.75, 3.05) is 11.9 Å². The molecule has 30 heavy (non-hydrogen) atoms. The predicted octanol–water partition coefficient (Wildman–Crippen LogP) is 3.62. The zero-order valence-corrected chi connectivity index (χ0v) is 17.1. The lowest BCUT2D eigenvalue weighted by atomic mass is 10.1. The maximum absolute atomic E-state index is 12.6. The quantitative estimate of drug-likeness (QED) is 0.708. The average molecular weight is 424 g/mol. The molecule has 0 aliphatic rings. The molecule has 10 heteroatoms. The largest absolute Gasteiger partial charge is 0.411 e. The van der Waals surface area contributed by atoms with Crippen LogP contribution in [-0.4, -0.2) is 34.6 Å². The third-order valence-corrected chi connectivity index (χ3v) is 4.08. The van der Waals surface area contributed by atoms with Crippen LogP contribution in [0.25, 0.3) is 0 Å². The van der Waals surface area contributed by atoms with Crippen LogP contribution in [0, 0.1) is 13.8 Å². The molecule has 2 N–H and O–H groups in total. The van der Waals surface area contributed by atoms with E-state index in [1.165, 1.54) is 13.1 Å². The number of aryl methyl sites for hydroxylation is 2. The highest BCUT2D eigenvalue weighted by Crippen LogP contribution is 2.19. The number of nitrogens with one attached hydrogen (secondary N) is 2. The Labute approximate surface area is 172 Å². The fraction of sp³-hybridized carbons (Fsp3) is 0.400. The smallest absolute Gasteiger partial charge is 0.366 e. The number of hydrogen-bond donors (Lipinski definition) is 2. The Balaban J connectivity index is 2.06. The molecule has 2 aromatic heterocycles. The molecular formula is C20H23F3N4O3. The highest BCUT2D eigenvalue weighted by atomic mass is 19.4. The van der Waals surface area contributed by atoms with Gasteiger partial charge in [-0.15, -0.1) is 0 Å². The molecule has 0 bridgehead atoms. The normalized spacial score (nSPS) is 12.4. The van der Waals surface area contributed by atoms with E-state index in [-0.39, 0.29) is 24.1 Å². The first kappa shape index (κ1) is 23.3. The van der Waals surface area contributed by atoms with E-state index in [2.05, 4.69) is 25.3 Å². The first-order valence-corrected chi connectivity index (χ1v) is 9.11. The Kier molecular flexibility index (Phi) is 7.49. The molecule has 1 atom stereocenters. The summed E-state index contributed by atoms with van der Waals surface area (Å²) in [5.74, 6) is -0.257. The van der Waals surface area contributed by atoms with Crippen molar-refractivity contribution in [2.45, 2.75) is 46.5 Å². The van der Waals surface area contributed by atoms with Gasteiger partial charge in [-0.2, -0.15) is 13.2 Å². The lowest BCUT2D eigenvalue weighted by Crippen LogP contribution is -2.27. The highest BCUT2D eigenvalue weighted by Gasteiger charge is 2.27. The van der Waals surface area contributed by atoms with Crippen molar-refractivity contribution in [2.24, 2.45) is 0 Å². The molecule has 2 aromatic rings. The van der Waals surface area contributed by atoms with Crippen molar-refractivity contribution in [3.63, 3.8) is 0 Å². The van der Waals surface area contributed by atoms with Gasteiger partial charge in [-0.25, -0.2) is 4.98 Å².